The van der Waals surface area contributed by atoms with Crippen molar-refractivity contribution in [2.24, 2.45) is 0 Å². The SMILES string of the molecule is COc1cc(I)c(-c2c(O)ccc3ccccc23)c(OC)c1. The number of aromatic hydroxyl groups is 1. The molecule has 0 aliphatic heterocycles. The molecule has 0 aliphatic rings. The van der Waals surface area contributed by atoms with Gasteiger partial charge in [-0.15, -0.1) is 0 Å². The summed E-state index contributed by atoms with van der Waals surface area (Å²) < 4.78 is 11.8. The summed E-state index contributed by atoms with van der Waals surface area (Å²) in [5, 5.41) is 12.5. The zero-order chi connectivity index (χ0) is 15.7. The van der Waals surface area contributed by atoms with Crippen LogP contribution in [0.1, 0.15) is 0 Å². The lowest BCUT2D eigenvalue weighted by Crippen LogP contribution is -1.95. The van der Waals surface area contributed by atoms with E-state index in [-0.39, 0.29) is 5.75 Å². The minimum absolute atomic E-state index is 0.236. The van der Waals surface area contributed by atoms with Crippen molar-refractivity contribution >= 4 is 33.4 Å². The minimum atomic E-state index is 0.236. The quantitative estimate of drug-likeness (QED) is 0.634. The molecule has 0 fully saturated rings. The molecule has 0 radical (unpaired) electrons. The van der Waals surface area contributed by atoms with Crippen molar-refractivity contribution in [1.82, 2.24) is 0 Å². The molecule has 3 nitrogen and oxygen atoms in total. The third kappa shape index (κ3) is 2.47. The van der Waals surface area contributed by atoms with Crippen molar-refractivity contribution in [2.45, 2.75) is 0 Å². The third-order valence-corrected chi connectivity index (χ3v) is 4.49. The summed E-state index contributed by atoms with van der Waals surface area (Å²) in [6, 6.07) is 15.4. The van der Waals surface area contributed by atoms with Crippen molar-refractivity contribution < 1.29 is 14.6 Å². The molecule has 22 heavy (non-hydrogen) atoms. The number of benzene rings is 3. The highest BCUT2D eigenvalue weighted by molar-refractivity contribution is 14.1. The number of halogens is 1. The number of hydrogen-bond acceptors (Lipinski definition) is 3. The van der Waals surface area contributed by atoms with E-state index in [1.54, 1.807) is 20.3 Å². The molecule has 0 atom stereocenters. The highest BCUT2D eigenvalue weighted by atomic mass is 127. The second kappa shape index (κ2) is 6.04. The van der Waals surface area contributed by atoms with Crippen molar-refractivity contribution in [3.63, 3.8) is 0 Å². The van der Waals surface area contributed by atoms with E-state index in [2.05, 4.69) is 22.6 Å². The Morgan fingerprint density at radius 2 is 1.68 bits per heavy atom. The normalized spacial score (nSPS) is 10.7. The number of rotatable bonds is 3. The topological polar surface area (TPSA) is 38.7 Å². The average molecular weight is 406 g/mol. The molecule has 4 heteroatoms. The average Bonchev–Trinajstić information content (AvgIpc) is 2.55. The largest absolute Gasteiger partial charge is 0.507 e. The van der Waals surface area contributed by atoms with Crippen LogP contribution in [0.3, 0.4) is 0 Å². The molecule has 0 saturated carbocycles. The Kier molecular flexibility index (Phi) is 4.11. The predicted octanol–water partition coefficient (Wildman–Crippen LogP) is 4.83. The molecule has 0 bridgehead atoms. The van der Waals surface area contributed by atoms with Gasteiger partial charge in [0.05, 0.1) is 14.2 Å². The molecule has 1 N–H and O–H groups in total. The number of hydrogen-bond donors (Lipinski definition) is 1. The van der Waals surface area contributed by atoms with Crippen molar-refractivity contribution in [3.05, 3.63) is 52.1 Å². The number of phenolic OH excluding ortho intramolecular Hbond substituents is 1. The van der Waals surface area contributed by atoms with Gasteiger partial charge in [0.25, 0.3) is 0 Å². The van der Waals surface area contributed by atoms with Gasteiger partial charge in [-0.1, -0.05) is 30.3 Å². The van der Waals surface area contributed by atoms with Crippen molar-refractivity contribution in [3.8, 4) is 28.4 Å². The van der Waals surface area contributed by atoms with Crippen LogP contribution in [0.15, 0.2) is 48.5 Å². The van der Waals surface area contributed by atoms with Crippen LogP contribution >= 0.6 is 22.6 Å². The molecule has 0 amide bonds. The van der Waals surface area contributed by atoms with Crippen LogP contribution in [0.5, 0.6) is 17.2 Å². The van der Waals surface area contributed by atoms with Crippen LogP contribution < -0.4 is 9.47 Å². The molecule has 3 rings (SSSR count). The number of fused-ring (bicyclic) bond motifs is 1. The van der Waals surface area contributed by atoms with E-state index in [4.69, 9.17) is 9.47 Å². The van der Waals surface area contributed by atoms with Gasteiger partial charge in [-0.2, -0.15) is 0 Å². The smallest absolute Gasteiger partial charge is 0.131 e. The van der Waals surface area contributed by atoms with Gasteiger partial charge in [-0.05, 0) is 45.5 Å². The summed E-state index contributed by atoms with van der Waals surface area (Å²) in [5.74, 6) is 1.64. The maximum absolute atomic E-state index is 10.4. The van der Waals surface area contributed by atoms with Crippen LogP contribution in [0.4, 0.5) is 0 Å². The summed E-state index contributed by atoms with van der Waals surface area (Å²) in [4.78, 5) is 0. The molecule has 0 spiro atoms. The summed E-state index contributed by atoms with van der Waals surface area (Å²) >= 11 is 2.24. The third-order valence-electron chi connectivity index (χ3n) is 3.64. The first-order valence-electron chi connectivity index (χ1n) is 6.78. The Morgan fingerprint density at radius 3 is 2.41 bits per heavy atom. The lowest BCUT2D eigenvalue weighted by Gasteiger charge is -2.16. The van der Waals surface area contributed by atoms with Gasteiger partial charge in [-0.3, -0.25) is 0 Å². The summed E-state index contributed by atoms with van der Waals surface area (Å²) in [6.07, 6.45) is 0. The van der Waals surface area contributed by atoms with Crippen molar-refractivity contribution in [1.29, 1.82) is 0 Å². The van der Waals surface area contributed by atoms with Crippen LogP contribution in [0.25, 0.3) is 21.9 Å². The molecule has 3 aromatic rings. The monoisotopic (exact) mass is 406 g/mol. The second-order valence-electron chi connectivity index (χ2n) is 4.87. The first-order chi connectivity index (χ1) is 10.7. The van der Waals surface area contributed by atoms with Gasteiger partial charge in [-0.25, -0.2) is 0 Å². The predicted molar refractivity (Wildman–Crippen MR) is 96.9 cm³/mol. The highest BCUT2D eigenvalue weighted by Crippen LogP contribution is 2.44. The first-order valence-corrected chi connectivity index (χ1v) is 7.86. The van der Waals surface area contributed by atoms with Gasteiger partial charge >= 0.3 is 0 Å². The first kappa shape index (κ1) is 15.0. The fraction of sp³-hybridized carbons (Fsp3) is 0.111. The van der Waals surface area contributed by atoms with Gasteiger partial charge in [0.1, 0.15) is 17.2 Å². The van der Waals surface area contributed by atoms with E-state index in [0.29, 0.717) is 5.75 Å². The van der Waals surface area contributed by atoms with E-state index < -0.39 is 0 Å². The number of ether oxygens (including phenoxy) is 2. The van der Waals surface area contributed by atoms with Crippen LogP contribution in [0, 0.1) is 3.57 Å². The van der Waals surface area contributed by atoms with Gasteiger partial charge in [0.2, 0.25) is 0 Å². The molecule has 112 valence electrons. The summed E-state index contributed by atoms with van der Waals surface area (Å²) in [7, 11) is 3.25. The highest BCUT2D eigenvalue weighted by Gasteiger charge is 2.18. The van der Waals surface area contributed by atoms with Gasteiger partial charge < -0.3 is 14.6 Å². The molecule has 0 saturated heterocycles. The van der Waals surface area contributed by atoms with E-state index in [1.807, 2.05) is 42.5 Å². The fourth-order valence-corrected chi connectivity index (χ4v) is 3.44. The van der Waals surface area contributed by atoms with Crippen LogP contribution in [0.2, 0.25) is 0 Å². The maximum Gasteiger partial charge on any atom is 0.131 e. The van der Waals surface area contributed by atoms with E-state index in [9.17, 15) is 5.11 Å². The zero-order valence-corrected chi connectivity index (χ0v) is 14.4. The maximum atomic E-state index is 10.4. The van der Waals surface area contributed by atoms with Gasteiger partial charge in [0.15, 0.2) is 0 Å². The Balaban J connectivity index is 2.39. The van der Waals surface area contributed by atoms with E-state index in [1.165, 1.54) is 0 Å². The Labute approximate surface area is 142 Å². The second-order valence-corrected chi connectivity index (χ2v) is 6.03. The summed E-state index contributed by atoms with van der Waals surface area (Å²) in [6.45, 7) is 0. The molecule has 3 aromatic carbocycles. The van der Waals surface area contributed by atoms with Gasteiger partial charge in [0, 0.05) is 20.8 Å². The Bertz CT molecular complexity index is 843. The molecule has 0 aromatic heterocycles. The molecular formula is C18H15IO3. The Morgan fingerprint density at radius 1 is 0.909 bits per heavy atom. The summed E-state index contributed by atoms with van der Waals surface area (Å²) in [5.41, 5.74) is 1.65. The lowest BCUT2D eigenvalue weighted by atomic mass is 9.96. The van der Waals surface area contributed by atoms with E-state index >= 15 is 0 Å². The van der Waals surface area contributed by atoms with E-state index in [0.717, 1.165) is 31.2 Å². The zero-order valence-electron chi connectivity index (χ0n) is 12.3. The van der Waals surface area contributed by atoms with Crippen LogP contribution in [-0.2, 0) is 0 Å². The Hall–Kier alpha value is -1.95. The van der Waals surface area contributed by atoms with Crippen LogP contribution in [-0.4, -0.2) is 19.3 Å². The number of phenols is 1. The minimum Gasteiger partial charge on any atom is -0.507 e. The molecule has 0 aliphatic carbocycles. The molecular weight excluding hydrogens is 391 g/mol. The van der Waals surface area contributed by atoms with Crippen molar-refractivity contribution in [2.75, 3.05) is 14.2 Å². The number of methoxy groups -OCH3 is 2. The fourth-order valence-electron chi connectivity index (χ4n) is 2.60. The standard InChI is InChI=1S/C18H15IO3/c1-21-12-9-14(19)18(16(10-12)22-2)17-13-6-4-3-5-11(13)7-8-15(17)20/h3-10,20H,1-2H3. The molecule has 0 heterocycles. The molecule has 0 unspecified atom stereocenters. The lowest BCUT2D eigenvalue weighted by molar-refractivity contribution is 0.394.